The van der Waals surface area contributed by atoms with Gasteiger partial charge in [0.05, 0.1) is 5.36 Å². The maximum atomic E-state index is 12.1. The third kappa shape index (κ3) is 1.39. The smallest absolute Gasteiger partial charge is 0.328 e. The third-order valence-corrected chi connectivity index (χ3v) is 3.58. The molecule has 1 unspecified atom stereocenters. The summed E-state index contributed by atoms with van der Waals surface area (Å²) in [5, 5.41) is 1.43. The minimum Gasteiger partial charge on any atom is -0.425 e. The molecule has 0 radical (unpaired) electrons. The number of hydrogen-bond acceptors (Lipinski definition) is 3. The fourth-order valence-electron chi connectivity index (χ4n) is 2.73. The topological polar surface area (TPSA) is 55.7 Å². The second kappa shape index (κ2) is 3.87. The molecule has 2 aliphatic heterocycles. The van der Waals surface area contributed by atoms with Crippen LogP contribution in [0.3, 0.4) is 0 Å². The molecule has 2 aliphatic rings. The Labute approximate surface area is 114 Å². The molecule has 1 amide bonds. The lowest BCUT2D eigenvalue weighted by Crippen LogP contribution is -2.44. The van der Waals surface area contributed by atoms with Crippen molar-refractivity contribution in [2.75, 3.05) is 0 Å². The van der Waals surface area contributed by atoms with Crippen LogP contribution in [0.1, 0.15) is 5.56 Å². The van der Waals surface area contributed by atoms with E-state index in [1.165, 1.54) is 0 Å². The number of para-hydroxylation sites is 2. The average molecular weight is 263 g/mol. The van der Waals surface area contributed by atoms with E-state index in [2.05, 4.69) is 4.99 Å². The summed E-state index contributed by atoms with van der Waals surface area (Å²) in [4.78, 5) is 28.2. The molecule has 4 nitrogen and oxygen atoms in total. The number of esters is 1. The number of carbonyl (C=O) groups excluding carboxylic acids is 2. The van der Waals surface area contributed by atoms with Gasteiger partial charge in [-0.05, 0) is 17.7 Å². The Morgan fingerprint density at radius 1 is 0.950 bits per heavy atom. The fourth-order valence-corrected chi connectivity index (χ4v) is 2.73. The van der Waals surface area contributed by atoms with E-state index in [1.54, 1.807) is 18.2 Å². The number of benzene rings is 2. The van der Waals surface area contributed by atoms with E-state index in [0.717, 1.165) is 10.8 Å². The zero-order chi connectivity index (χ0) is 13.7. The number of ether oxygens (including phenoxy) is 1. The lowest BCUT2D eigenvalue weighted by atomic mass is 9.86. The van der Waals surface area contributed by atoms with Crippen molar-refractivity contribution in [3.63, 3.8) is 0 Å². The summed E-state index contributed by atoms with van der Waals surface area (Å²) >= 11 is 0. The zero-order valence-electron chi connectivity index (χ0n) is 10.4. The summed E-state index contributed by atoms with van der Waals surface area (Å²) in [6.45, 7) is 0. The van der Waals surface area contributed by atoms with Crippen LogP contribution in [0.15, 0.2) is 53.5 Å². The first-order chi connectivity index (χ1) is 9.75. The highest BCUT2D eigenvalue weighted by atomic mass is 16.5. The maximum absolute atomic E-state index is 12.1. The Bertz CT molecular complexity index is 883. The van der Waals surface area contributed by atoms with E-state index < -0.39 is 17.8 Å². The van der Waals surface area contributed by atoms with E-state index in [-0.39, 0.29) is 0 Å². The molecule has 20 heavy (non-hydrogen) atoms. The fraction of sp³-hybridized carbons (Fsp3) is 0.0625. The molecule has 2 heterocycles. The van der Waals surface area contributed by atoms with Crippen LogP contribution in [0.5, 0.6) is 5.75 Å². The maximum Gasteiger partial charge on any atom is 0.328 e. The van der Waals surface area contributed by atoms with Crippen molar-refractivity contribution in [2.24, 2.45) is 10.9 Å². The van der Waals surface area contributed by atoms with Crippen molar-refractivity contribution in [2.45, 2.75) is 0 Å². The van der Waals surface area contributed by atoms with E-state index in [9.17, 15) is 9.59 Å². The number of fused-ring (bicyclic) bond motifs is 4. The van der Waals surface area contributed by atoms with Crippen molar-refractivity contribution in [3.05, 3.63) is 64.7 Å². The highest BCUT2D eigenvalue weighted by Gasteiger charge is 2.40. The molecule has 4 rings (SSSR count). The van der Waals surface area contributed by atoms with Gasteiger partial charge in [0.2, 0.25) is 0 Å². The average Bonchev–Trinajstić information content (AvgIpc) is 2.46. The van der Waals surface area contributed by atoms with Crippen molar-refractivity contribution >= 4 is 17.4 Å². The molecular weight excluding hydrogens is 254 g/mol. The molecule has 0 aliphatic carbocycles. The second-order valence-corrected chi connectivity index (χ2v) is 4.73. The van der Waals surface area contributed by atoms with E-state index >= 15 is 0 Å². The van der Waals surface area contributed by atoms with Crippen LogP contribution in [0.2, 0.25) is 0 Å². The molecule has 2 aromatic carbocycles. The number of rotatable bonds is 0. The van der Waals surface area contributed by atoms with Gasteiger partial charge in [0.25, 0.3) is 5.91 Å². The van der Waals surface area contributed by atoms with Crippen LogP contribution in [0, 0.1) is 5.92 Å². The Hall–Kier alpha value is -2.75. The molecule has 1 atom stereocenters. The molecule has 2 aromatic rings. The number of carbonyl (C=O) groups is 2. The molecule has 0 N–H and O–H groups in total. The van der Waals surface area contributed by atoms with Crippen molar-refractivity contribution in [1.82, 2.24) is 0 Å². The van der Waals surface area contributed by atoms with Gasteiger partial charge < -0.3 is 4.74 Å². The third-order valence-electron chi connectivity index (χ3n) is 3.58. The molecule has 0 spiro atoms. The minimum absolute atomic E-state index is 0.460. The van der Waals surface area contributed by atoms with Crippen LogP contribution in [-0.2, 0) is 9.59 Å². The van der Waals surface area contributed by atoms with Crippen LogP contribution in [0.4, 0.5) is 0 Å². The summed E-state index contributed by atoms with van der Waals surface area (Å²) in [7, 11) is 0. The van der Waals surface area contributed by atoms with Crippen LogP contribution >= 0.6 is 0 Å². The van der Waals surface area contributed by atoms with Crippen LogP contribution in [0.25, 0.3) is 5.57 Å². The highest BCUT2D eigenvalue weighted by Crippen LogP contribution is 2.36. The first kappa shape index (κ1) is 11.1. The van der Waals surface area contributed by atoms with Crippen LogP contribution in [-0.4, -0.2) is 11.9 Å². The van der Waals surface area contributed by atoms with E-state index in [0.29, 0.717) is 16.7 Å². The molecule has 0 aromatic heterocycles. The SMILES string of the molecule is O=C1N=c2ccccc2=C2c3ccccc3OC(=O)C12. The van der Waals surface area contributed by atoms with Gasteiger partial charge in [-0.2, -0.15) is 0 Å². The van der Waals surface area contributed by atoms with E-state index in [1.807, 2.05) is 30.3 Å². The van der Waals surface area contributed by atoms with Gasteiger partial charge in [0.15, 0.2) is 5.92 Å². The monoisotopic (exact) mass is 263 g/mol. The molecule has 0 bridgehead atoms. The minimum atomic E-state index is -0.945. The largest absolute Gasteiger partial charge is 0.425 e. The first-order valence-electron chi connectivity index (χ1n) is 6.28. The standard InChI is InChI=1S/C16H9NO3/c18-15-14-13(9-5-1-3-7-11(9)17-15)10-6-2-4-8-12(10)20-16(14)19/h1-8,14H. The Balaban J connectivity index is 2.21. The number of hydrogen-bond donors (Lipinski definition) is 0. The summed E-state index contributed by atoms with van der Waals surface area (Å²) in [6.07, 6.45) is 0. The van der Waals surface area contributed by atoms with Gasteiger partial charge in [-0.1, -0.05) is 36.4 Å². The summed E-state index contributed by atoms with van der Waals surface area (Å²) in [5.41, 5.74) is 1.49. The van der Waals surface area contributed by atoms with Gasteiger partial charge in [-0.3, -0.25) is 9.59 Å². The predicted octanol–water partition coefficient (Wildman–Crippen LogP) is 0.581. The van der Waals surface area contributed by atoms with Crippen molar-refractivity contribution in [1.29, 1.82) is 0 Å². The predicted molar refractivity (Wildman–Crippen MR) is 70.3 cm³/mol. The Morgan fingerprint density at radius 3 is 2.60 bits per heavy atom. The lowest BCUT2D eigenvalue weighted by molar-refractivity contribution is -0.141. The van der Waals surface area contributed by atoms with Crippen molar-refractivity contribution < 1.29 is 14.3 Å². The zero-order valence-corrected chi connectivity index (χ0v) is 10.4. The lowest BCUT2D eigenvalue weighted by Gasteiger charge is -2.26. The number of amides is 1. The Morgan fingerprint density at radius 2 is 1.70 bits per heavy atom. The molecule has 0 fully saturated rings. The Kier molecular flexibility index (Phi) is 2.15. The quantitative estimate of drug-likeness (QED) is 0.397. The van der Waals surface area contributed by atoms with Gasteiger partial charge in [-0.15, -0.1) is 0 Å². The molecule has 0 saturated heterocycles. The van der Waals surface area contributed by atoms with Gasteiger partial charge in [0, 0.05) is 10.8 Å². The molecule has 0 saturated carbocycles. The summed E-state index contributed by atoms with van der Waals surface area (Å²) in [6, 6.07) is 14.6. The highest BCUT2D eigenvalue weighted by molar-refractivity contribution is 6.12. The molecule has 4 heteroatoms. The summed E-state index contributed by atoms with van der Waals surface area (Å²) in [5.74, 6) is -1.46. The second-order valence-electron chi connectivity index (χ2n) is 4.73. The normalized spacial score (nSPS) is 19.4. The first-order valence-corrected chi connectivity index (χ1v) is 6.28. The number of nitrogens with zero attached hydrogens (tertiary/aromatic N) is 1. The van der Waals surface area contributed by atoms with Crippen molar-refractivity contribution in [3.8, 4) is 5.75 Å². The molecular formula is C16H9NO3. The van der Waals surface area contributed by atoms with E-state index in [4.69, 9.17) is 4.74 Å². The van der Waals surface area contributed by atoms with Gasteiger partial charge in [-0.25, -0.2) is 4.99 Å². The summed E-state index contributed by atoms with van der Waals surface area (Å²) < 4.78 is 5.25. The molecule has 96 valence electrons. The van der Waals surface area contributed by atoms with Crippen LogP contribution < -0.4 is 15.3 Å². The van der Waals surface area contributed by atoms with Gasteiger partial charge >= 0.3 is 5.97 Å². The van der Waals surface area contributed by atoms with Gasteiger partial charge in [0.1, 0.15) is 5.75 Å².